The number of nitrogens with zero attached hydrogens (tertiary/aromatic N) is 5. The monoisotopic (exact) mass is 382 g/mol. The number of ether oxygens (including phenoxy) is 1. The largest absolute Gasteiger partial charge is 0.393 e. The van der Waals surface area contributed by atoms with Gasteiger partial charge in [-0.15, -0.1) is 0 Å². The fraction of sp³-hybridized carbons (Fsp3) is 0.450. The smallest absolute Gasteiger partial charge is 0.254 e. The Hall–Kier alpha value is -2.55. The zero-order chi connectivity index (χ0) is 19.3. The Morgan fingerprint density at radius 1 is 1.21 bits per heavy atom. The molecule has 0 aliphatic carbocycles. The molecule has 148 valence electrons. The third-order valence-electron chi connectivity index (χ3n) is 5.13. The molecule has 0 atom stereocenters. The van der Waals surface area contributed by atoms with Crippen LogP contribution in [0.15, 0.2) is 36.7 Å². The molecular formula is C20H26N6O2. The van der Waals surface area contributed by atoms with Gasteiger partial charge >= 0.3 is 0 Å². The number of aliphatic hydroxyl groups excluding tert-OH is 1. The van der Waals surface area contributed by atoms with Gasteiger partial charge < -0.3 is 15.2 Å². The fourth-order valence-electron chi connectivity index (χ4n) is 3.60. The molecule has 0 bridgehead atoms. The number of aliphatic hydroxyl groups is 1. The summed E-state index contributed by atoms with van der Waals surface area (Å²) >= 11 is 0. The van der Waals surface area contributed by atoms with E-state index in [1.54, 1.807) is 11.6 Å². The van der Waals surface area contributed by atoms with E-state index >= 15 is 0 Å². The molecule has 1 aliphatic heterocycles. The average molecular weight is 382 g/mol. The van der Waals surface area contributed by atoms with Crippen molar-refractivity contribution in [1.82, 2.24) is 24.5 Å². The molecule has 1 saturated heterocycles. The van der Waals surface area contributed by atoms with Gasteiger partial charge in [0.15, 0.2) is 0 Å². The fourth-order valence-corrected chi connectivity index (χ4v) is 3.60. The summed E-state index contributed by atoms with van der Waals surface area (Å²) in [5.41, 5.74) is 3.35. The predicted molar refractivity (Wildman–Crippen MR) is 106 cm³/mol. The van der Waals surface area contributed by atoms with Crippen molar-refractivity contribution in [2.24, 2.45) is 0 Å². The molecule has 3 aromatic rings. The van der Waals surface area contributed by atoms with Crippen LogP contribution in [0.25, 0.3) is 5.78 Å². The van der Waals surface area contributed by atoms with Crippen LogP contribution in [0.2, 0.25) is 0 Å². The summed E-state index contributed by atoms with van der Waals surface area (Å²) in [5, 5.41) is 17.5. The molecule has 0 spiro atoms. The standard InChI is InChI=1S/C20H26N6O2/c1-28-13-17-10-19(26-20(24-17)22-14-23-26)21-11-15-4-2-3-5-16(15)12-25-8-6-18(27)7-9-25/h2-5,10,14,18,21,27H,6-9,11-13H2,1H3. The molecule has 28 heavy (non-hydrogen) atoms. The van der Waals surface area contributed by atoms with E-state index in [4.69, 9.17) is 4.74 Å². The number of anilines is 1. The van der Waals surface area contributed by atoms with E-state index in [0.717, 1.165) is 44.0 Å². The second kappa shape index (κ2) is 8.64. The van der Waals surface area contributed by atoms with Gasteiger partial charge in [0.05, 0.1) is 18.4 Å². The maximum atomic E-state index is 9.72. The highest BCUT2D eigenvalue weighted by atomic mass is 16.5. The maximum absolute atomic E-state index is 9.72. The van der Waals surface area contributed by atoms with Crippen LogP contribution in [-0.2, 0) is 24.4 Å². The lowest BCUT2D eigenvalue weighted by Crippen LogP contribution is -2.35. The Kier molecular flexibility index (Phi) is 5.80. The van der Waals surface area contributed by atoms with Crippen LogP contribution in [0.1, 0.15) is 29.7 Å². The molecular weight excluding hydrogens is 356 g/mol. The first-order valence-corrected chi connectivity index (χ1v) is 9.62. The van der Waals surface area contributed by atoms with Gasteiger partial charge in [0.1, 0.15) is 12.1 Å². The first-order chi connectivity index (χ1) is 13.7. The van der Waals surface area contributed by atoms with Crippen molar-refractivity contribution in [3.8, 4) is 0 Å². The van der Waals surface area contributed by atoms with Gasteiger partial charge in [-0.1, -0.05) is 24.3 Å². The van der Waals surface area contributed by atoms with E-state index in [1.807, 2.05) is 6.07 Å². The number of likely N-dealkylation sites (tertiary alicyclic amines) is 1. The minimum atomic E-state index is -0.147. The van der Waals surface area contributed by atoms with Gasteiger partial charge in [-0.2, -0.15) is 14.6 Å². The third-order valence-corrected chi connectivity index (χ3v) is 5.13. The van der Waals surface area contributed by atoms with Crippen LogP contribution in [-0.4, -0.2) is 55.9 Å². The second-order valence-electron chi connectivity index (χ2n) is 7.17. The number of hydrogen-bond acceptors (Lipinski definition) is 7. The number of rotatable bonds is 7. The first kappa shape index (κ1) is 18.8. The highest BCUT2D eigenvalue weighted by Crippen LogP contribution is 2.18. The van der Waals surface area contributed by atoms with Gasteiger partial charge in [-0.3, -0.25) is 4.90 Å². The zero-order valence-electron chi connectivity index (χ0n) is 16.1. The number of piperidine rings is 1. The van der Waals surface area contributed by atoms with Crippen LogP contribution >= 0.6 is 0 Å². The highest BCUT2D eigenvalue weighted by Gasteiger charge is 2.18. The van der Waals surface area contributed by atoms with Crippen molar-refractivity contribution in [2.75, 3.05) is 25.5 Å². The number of benzene rings is 1. The molecule has 2 N–H and O–H groups in total. The van der Waals surface area contributed by atoms with Crippen LogP contribution in [0, 0.1) is 0 Å². The van der Waals surface area contributed by atoms with E-state index in [-0.39, 0.29) is 6.10 Å². The number of nitrogens with one attached hydrogen (secondary N) is 1. The van der Waals surface area contributed by atoms with Gasteiger partial charge in [-0.25, -0.2) is 4.98 Å². The summed E-state index contributed by atoms with van der Waals surface area (Å²) in [6.45, 7) is 3.88. The van der Waals surface area contributed by atoms with Crippen molar-refractivity contribution in [1.29, 1.82) is 0 Å². The number of methoxy groups -OCH3 is 1. The van der Waals surface area contributed by atoms with Crippen molar-refractivity contribution < 1.29 is 9.84 Å². The lowest BCUT2D eigenvalue weighted by Gasteiger charge is -2.30. The van der Waals surface area contributed by atoms with E-state index in [1.165, 1.54) is 17.5 Å². The summed E-state index contributed by atoms with van der Waals surface area (Å²) in [6.07, 6.45) is 3.06. The topological polar surface area (TPSA) is 87.8 Å². The van der Waals surface area contributed by atoms with Crippen LogP contribution in [0.5, 0.6) is 0 Å². The van der Waals surface area contributed by atoms with Crippen LogP contribution in [0.3, 0.4) is 0 Å². The van der Waals surface area contributed by atoms with Crippen molar-refractivity contribution in [3.05, 3.63) is 53.5 Å². The summed E-state index contributed by atoms with van der Waals surface area (Å²) in [6, 6.07) is 10.4. The van der Waals surface area contributed by atoms with Gasteiger partial charge in [0, 0.05) is 39.4 Å². The molecule has 3 heterocycles. The Morgan fingerprint density at radius 2 is 2.00 bits per heavy atom. The summed E-state index contributed by atoms with van der Waals surface area (Å²) in [4.78, 5) is 11.0. The number of aromatic nitrogens is 4. The molecule has 8 heteroatoms. The maximum Gasteiger partial charge on any atom is 0.254 e. The Labute approximate surface area is 164 Å². The van der Waals surface area contributed by atoms with Gasteiger partial charge in [0.25, 0.3) is 5.78 Å². The van der Waals surface area contributed by atoms with E-state index in [0.29, 0.717) is 18.9 Å². The molecule has 0 radical (unpaired) electrons. The van der Waals surface area contributed by atoms with Crippen molar-refractivity contribution in [3.63, 3.8) is 0 Å². The normalized spacial score (nSPS) is 15.9. The van der Waals surface area contributed by atoms with E-state index in [2.05, 4.69) is 49.5 Å². The minimum absolute atomic E-state index is 0.147. The van der Waals surface area contributed by atoms with Crippen molar-refractivity contribution in [2.45, 2.75) is 38.6 Å². The van der Waals surface area contributed by atoms with E-state index in [9.17, 15) is 5.11 Å². The summed E-state index contributed by atoms with van der Waals surface area (Å²) < 4.78 is 6.91. The molecule has 1 fully saturated rings. The first-order valence-electron chi connectivity index (χ1n) is 9.62. The zero-order valence-corrected chi connectivity index (χ0v) is 16.1. The Morgan fingerprint density at radius 3 is 2.79 bits per heavy atom. The van der Waals surface area contributed by atoms with Crippen LogP contribution < -0.4 is 5.32 Å². The predicted octanol–water partition coefficient (Wildman–Crippen LogP) is 1.84. The summed E-state index contributed by atoms with van der Waals surface area (Å²) in [7, 11) is 1.65. The number of hydrogen-bond donors (Lipinski definition) is 2. The Balaban J connectivity index is 1.49. The van der Waals surface area contributed by atoms with Crippen molar-refractivity contribution >= 4 is 11.6 Å². The average Bonchev–Trinajstić information content (AvgIpc) is 3.18. The highest BCUT2D eigenvalue weighted by molar-refractivity contribution is 5.45. The lowest BCUT2D eigenvalue weighted by atomic mass is 10.0. The Bertz CT molecular complexity index is 920. The number of fused-ring (bicyclic) bond motifs is 1. The molecule has 1 aliphatic rings. The molecule has 2 aromatic heterocycles. The summed E-state index contributed by atoms with van der Waals surface area (Å²) in [5.74, 6) is 1.39. The lowest BCUT2D eigenvalue weighted by molar-refractivity contribution is 0.0791. The van der Waals surface area contributed by atoms with E-state index < -0.39 is 0 Å². The second-order valence-corrected chi connectivity index (χ2v) is 7.17. The van der Waals surface area contributed by atoms with Crippen LogP contribution in [0.4, 0.5) is 5.82 Å². The van der Waals surface area contributed by atoms with Gasteiger partial charge in [0.2, 0.25) is 0 Å². The molecule has 0 unspecified atom stereocenters. The third kappa shape index (κ3) is 4.30. The SMILES string of the molecule is COCc1cc(NCc2ccccc2CN2CCC(O)CC2)n2ncnc2n1. The van der Waals surface area contributed by atoms with Gasteiger partial charge in [-0.05, 0) is 24.0 Å². The minimum Gasteiger partial charge on any atom is -0.393 e. The molecule has 8 nitrogen and oxygen atoms in total. The molecule has 1 aromatic carbocycles. The molecule has 4 rings (SSSR count). The molecule has 0 amide bonds. The molecule has 0 saturated carbocycles. The quantitative estimate of drug-likeness (QED) is 0.645.